The molecule has 0 unspecified atom stereocenters. The molecule has 0 saturated carbocycles. The van der Waals surface area contributed by atoms with Crippen LogP contribution in [0, 0.1) is 20.6 Å². The summed E-state index contributed by atoms with van der Waals surface area (Å²) in [5.74, 6) is 0. The Morgan fingerprint density at radius 1 is 0.628 bits per heavy atom. The van der Waals surface area contributed by atoms with E-state index in [0.29, 0.717) is 11.3 Å². The number of para-hydroxylation sites is 1. The number of aryl methyl sites for hydroxylation is 4. The van der Waals surface area contributed by atoms with Gasteiger partial charge in [0.25, 0.3) is 0 Å². The smallest absolute Gasteiger partial charge is 0.216 e. The molecule has 2 nitrogen and oxygen atoms in total. The molecule has 7 aromatic rings. The van der Waals surface area contributed by atoms with E-state index in [1.807, 2.05) is 31.2 Å². The molecule has 7 rings (SSSR count). The largest absolute Gasteiger partial charge is 0.454 e. The third-order valence-electron chi connectivity index (χ3n) is 8.88. The maximum atomic E-state index is 8.16. The summed E-state index contributed by atoms with van der Waals surface area (Å²) in [6, 6.07) is 42.0. The Bertz CT molecular complexity index is 2290. The molecule has 0 aliphatic rings. The van der Waals surface area contributed by atoms with Gasteiger partial charge in [-0.3, -0.25) is 0 Å². The maximum Gasteiger partial charge on any atom is 0.216 e. The van der Waals surface area contributed by atoms with E-state index in [-0.39, 0.29) is 11.1 Å². The summed E-state index contributed by atoms with van der Waals surface area (Å²) < 4.78 is 56.9. The molecular weight excluding hydrogens is 539 g/mol. The summed E-state index contributed by atoms with van der Waals surface area (Å²) in [4.78, 5) is 0. The van der Waals surface area contributed by atoms with Crippen molar-refractivity contribution < 1.29 is 17.2 Å². The lowest BCUT2D eigenvalue weighted by Crippen LogP contribution is -2.64. The van der Waals surface area contributed by atoms with E-state index in [0.717, 1.165) is 38.6 Å². The van der Waals surface area contributed by atoms with Crippen LogP contribution in [0.4, 0.5) is 0 Å². The molecule has 0 spiro atoms. The minimum Gasteiger partial charge on any atom is -0.454 e. The van der Waals surface area contributed by atoms with Crippen LogP contribution in [0.5, 0.6) is 0 Å². The number of nitrogens with zero attached hydrogens (tertiary/aromatic N) is 1. The second kappa shape index (κ2) is 10.5. The molecule has 0 amide bonds. The fourth-order valence-corrected chi connectivity index (χ4v) is 9.98. The highest BCUT2D eigenvalue weighted by molar-refractivity contribution is 7.10. The van der Waals surface area contributed by atoms with Crippen LogP contribution in [0.3, 0.4) is 0 Å². The molecule has 2 heterocycles. The molecule has 0 radical (unpaired) electrons. The first kappa shape index (κ1) is 21.0. The number of aromatic nitrogens is 1. The number of furan rings is 1. The molecule has 2 aromatic heterocycles. The lowest BCUT2D eigenvalue weighted by Gasteiger charge is -2.29. The number of rotatable bonds is 5. The number of hydrogen-bond acceptors (Lipinski definition) is 1. The van der Waals surface area contributed by atoms with E-state index in [1.165, 1.54) is 27.8 Å². The van der Waals surface area contributed by atoms with E-state index in [9.17, 15) is 0 Å². The highest BCUT2D eigenvalue weighted by Crippen LogP contribution is 2.40. The Balaban J connectivity index is 1.39. The van der Waals surface area contributed by atoms with Gasteiger partial charge in [-0.2, -0.15) is 0 Å². The highest BCUT2D eigenvalue weighted by Gasteiger charge is 2.34. The van der Waals surface area contributed by atoms with Crippen LogP contribution >= 0.6 is 0 Å². The van der Waals surface area contributed by atoms with Gasteiger partial charge in [-0.25, -0.2) is 4.57 Å². The van der Waals surface area contributed by atoms with Crippen molar-refractivity contribution in [2.24, 2.45) is 7.05 Å². The summed E-state index contributed by atoms with van der Waals surface area (Å²) >= 11 is 0. The molecule has 43 heavy (non-hydrogen) atoms. The molecule has 3 heteroatoms. The zero-order chi connectivity index (χ0) is 34.7. The van der Waals surface area contributed by atoms with E-state index >= 15 is 0 Å². The van der Waals surface area contributed by atoms with Crippen LogP contribution in [0.25, 0.3) is 44.3 Å². The van der Waals surface area contributed by atoms with Crippen LogP contribution in [0.1, 0.15) is 24.9 Å². The maximum absolute atomic E-state index is 8.16. The van der Waals surface area contributed by atoms with Crippen molar-refractivity contribution in [3.63, 3.8) is 0 Å². The van der Waals surface area contributed by atoms with Gasteiger partial charge in [-0.15, -0.1) is 0 Å². The van der Waals surface area contributed by atoms with Gasteiger partial charge >= 0.3 is 0 Å². The first-order chi connectivity index (χ1) is 23.3. The average molecular weight is 581 g/mol. The molecule has 0 N–H and O–H groups in total. The lowest BCUT2D eigenvalue weighted by atomic mass is 9.98. The summed E-state index contributed by atoms with van der Waals surface area (Å²) in [7, 11) is -0.534. The lowest BCUT2D eigenvalue weighted by molar-refractivity contribution is -0.660. The highest BCUT2D eigenvalue weighted by atomic mass is 28.3. The standard InChI is InChI=1S/C40H36NOSi/c1-27-19-24-36-35-18-12-17-34(39(35)42-40(36)38(27)37-25-28(2)29(3)26-41(37)4)30-20-22-33(23-21-30)43(5,31-13-8-6-9-14-31)32-15-10-7-11-16-32/h6-26H,1-5H3/q+1/i2D3,3D3. The van der Waals surface area contributed by atoms with Crippen LogP contribution < -0.4 is 20.1 Å². The van der Waals surface area contributed by atoms with Crippen molar-refractivity contribution in [2.45, 2.75) is 27.2 Å². The minimum absolute atomic E-state index is 0.183. The fraction of sp³-hybridized carbons (Fsp3) is 0.125. The van der Waals surface area contributed by atoms with Gasteiger partial charge in [0.15, 0.2) is 6.20 Å². The average Bonchev–Trinajstić information content (AvgIpc) is 3.47. The summed E-state index contributed by atoms with van der Waals surface area (Å²) in [6.07, 6.45) is 1.42. The van der Waals surface area contributed by atoms with Crippen LogP contribution in [0.2, 0.25) is 6.55 Å². The molecular formula is C40H36NOSi+. The Kier molecular flexibility index (Phi) is 5.14. The molecule has 0 bridgehead atoms. The van der Waals surface area contributed by atoms with Gasteiger partial charge in [-0.05, 0) is 52.9 Å². The number of fused-ring (bicyclic) bond motifs is 3. The Morgan fingerprint density at radius 2 is 1.26 bits per heavy atom. The molecule has 0 aliphatic carbocycles. The zero-order valence-electron chi connectivity index (χ0n) is 30.5. The summed E-state index contributed by atoms with van der Waals surface area (Å²) in [5.41, 5.74) is 5.16. The van der Waals surface area contributed by atoms with Gasteiger partial charge in [0.05, 0.1) is 5.56 Å². The van der Waals surface area contributed by atoms with Crippen LogP contribution in [-0.2, 0) is 7.05 Å². The molecule has 5 aromatic carbocycles. The van der Waals surface area contributed by atoms with Crippen LogP contribution in [-0.4, -0.2) is 8.07 Å². The van der Waals surface area contributed by atoms with Gasteiger partial charge < -0.3 is 4.42 Å². The van der Waals surface area contributed by atoms with Gasteiger partial charge in [-0.1, -0.05) is 122 Å². The van der Waals surface area contributed by atoms with Crippen molar-refractivity contribution in [3.05, 3.63) is 144 Å². The third-order valence-corrected chi connectivity index (χ3v) is 13.3. The zero-order valence-corrected chi connectivity index (χ0v) is 25.5. The van der Waals surface area contributed by atoms with E-state index in [2.05, 4.69) is 97.5 Å². The third kappa shape index (κ3) is 4.43. The van der Waals surface area contributed by atoms with E-state index in [4.69, 9.17) is 12.6 Å². The Morgan fingerprint density at radius 3 is 1.91 bits per heavy atom. The van der Waals surface area contributed by atoms with E-state index in [1.54, 1.807) is 11.6 Å². The van der Waals surface area contributed by atoms with Gasteiger partial charge in [0.1, 0.15) is 26.3 Å². The van der Waals surface area contributed by atoms with Crippen molar-refractivity contribution >= 4 is 45.6 Å². The predicted octanol–water partition coefficient (Wildman–Crippen LogP) is 7.77. The quantitative estimate of drug-likeness (QED) is 0.115. The summed E-state index contributed by atoms with van der Waals surface area (Å²) in [5, 5.41) is 5.85. The minimum atomic E-state index is -2.61. The summed E-state index contributed by atoms with van der Waals surface area (Å²) in [6.45, 7) is -0.831. The van der Waals surface area contributed by atoms with Gasteiger partial charge in [0, 0.05) is 36.2 Å². The number of hydrogen-bond donors (Lipinski definition) is 0. The Labute approximate surface area is 263 Å². The number of benzene rings is 5. The first-order valence-corrected chi connectivity index (χ1v) is 17.0. The molecule has 0 fully saturated rings. The second-order valence-corrected chi connectivity index (χ2v) is 15.4. The topological polar surface area (TPSA) is 17.0 Å². The predicted molar refractivity (Wildman–Crippen MR) is 183 cm³/mol. The normalized spacial score (nSPS) is 14.5. The molecule has 0 saturated heterocycles. The molecule has 0 atom stereocenters. The van der Waals surface area contributed by atoms with E-state index < -0.39 is 21.8 Å². The number of pyridine rings is 1. The first-order valence-electron chi connectivity index (χ1n) is 17.5. The van der Waals surface area contributed by atoms with Crippen molar-refractivity contribution in [1.82, 2.24) is 0 Å². The van der Waals surface area contributed by atoms with Crippen molar-refractivity contribution in [3.8, 4) is 22.4 Å². The van der Waals surface area contributed by atoms with Crippen molar-refractivity contribution in [1.29, 1.82) is 0 Å². The SMILES string of the molecule is [2H]C([2H])([2H])c1cc(-c2c(C)ccc3c2oc2c(-c4ccc([Si](C)(c5ccccc5)c5ccccc5)cc4)cccc23)[n+](C)cc1C([2H])([2H])[2H]. The molecule has 0 aliphatic heterocycles. The second-order valence-electron chi connectivity index (χ2n) is 11.4. The monoisotopic (exact) mass is 580 g/mol. The van der Waals surface area contributed by atoms with Crippen LogP contribution in [0.15, 0.2) is 132 Å². The van der Waals surface area contributed by atoms with Gasteiger partial charge in [0.2, 0.25) is 5.69 Å². The molecule has 210 valence electrons. The van der Waals surface area contributed by atoms with Crippen molar-refractivity contribution in [2.75, 3.05) is 0 Å². The fourth-order valence-electron chi connectivity index (χ4n) is 6.43. The Hall–Kier alpha value is -4.73.